The molecule has 0 amide bonds. The SMILES string of the molecule is COC(=O)[C@@H]1CNC[C@H]1c1cc(C)cc(F)c1. The molecule has 1 aromatic carbocycles. The van der Waals surface area contributed by atoms with Crippen LogP contribution in [0.5, 0.6) is 0 Å². The van der Waals surface area contributed by atoms with Gasteiger partial charge in [0, 0.05) is 19.0 Å². The minimum Gasteiger partial charge on any atom is -0.469 e. The Morgan fingerprint density at radius 2 is 2.18 bits per heavy atom. The van der Waals surface area contributed by atoms with Gasteiger partial charge in [-0.1, -0.05) is 6.07 Å². The molecule has 17 heavy (non-hydrogen) atoms. The van der Waals surface area contributed by atoms with Crippen molar-refractivity contribution in [3.05, 3.63) is 35.1 Å². The van der Waals surface area contributed by atoms with E-state index in [1.54, 1.807) is 0 Å². The molecule has 1 aliphatic rings. The molecule has 0 radical (unpaired) electrons. The number of aryl methyl sites for hydroxylation is 1. The number of rotatable bonds is 2. The predicted molar refractivity (Wildman–Crippen MR) is 62.3 cm³/mol. The Balaban J connectivity index is 2.28. The van der Waals surface area contributed by atoms with Gasteiger partial charge in [-0.15, -0.1) is 0 Å². The van der Waals surface area contributed by atoms with Crippen LogP contribution in [0.1, 0.15) is 17.0 Å². The molecule has 1 N–H and O–H groups in total. The maximum Gasteiger partial charge on any atom is 0.310 e. The fraction of sp³-hybridized carbons (Fsp3) is 0.462. The highest BCUT2D eigenvalue weighted by molar-refractivity contribution is 5.74. The van der Waals surface area contributed by atoms with Crippen LogP contribution < -0.4 is 5.32 Å². The predicted octanol–water partition coefficient (Wildman–Crippen LogP) is 1.61. The molecule has 1 saturated heterocycles. The van der Waals surface area contributed by atoms with Gasteiger partial charge in [0.05, 0.1) is 13.0 Å². The average Bonchev–Trinajstić information content (AvgIpc) is 2.75. The maximum atomic E-state index is 13.4. The standard InChI is InChI=1S/C13H16FNO2/c1-8-3-9(5-10(14)4-8)11-6-15-7-12(11)13(16)17-2/h3-5,11-12,15H,6-7H2,1-2H3/t11-,12+/m0/s1. The summed E-state index contributed by atoms with van der Waals surface area (Å²) in [5.41, 5.74) is 1.73. The summed E-state index contributed by atoms with van der Waals surface area (Å²) in [5.74, 6) is -0.713. The number of esters is 1. The maximum absolute atomic E-state index is 13.4. The molecule has 1 aromatic rings. The van der Waals surface area contributed by atoms with Crippen molar-refractivity contribution in [3.8, 4) is 0 Å². The van der Waals surface area contributed by atoms with E-state index in [9.17, 15) is 9.18 Å². The van der Waals surface area contributed by atoms with Crippen molar-refractivity contribution in [3.63, 3.8) is 0 Å². The third-order valence-electron chi connectivity index (χ3n) is 3.21. The van der Waals surface area contributed by atoms with Crippen LogP contribution in [0.3, 0.4) is 0 Å². The molecule has 0 aromatic heterocycles. The van der Waals surface area contributed by atoms with Crippen molar-refractivity contribution in [2.24, 2.45) is 5.92 Å². The topological polar surface area (TPSA) is 38.3 Å². The Labute approximate surface area is 100.0 Å². The number of hydrogen-bond acceptors (Lipinski definition) is 3. The lowest BCUT2D eigenvalue weighted by atomic mass is 9.88. The highest BCUT2D eigenvalue weighted by Gasteiger charge is 2.34. The first-order valence-electron chi connectivity index (χ1n) is 5.67. The summed E-state index contributed by atoms with van der Waals surface area (Å²) in [7, 11) is 1.38. The summed E-state index contributed by atoms with van der Waals surface area (Å²) in [6.45, 7) is 3.12. The molecular formula is C13H16FNO2. The van der Waals surface area contributed by atoms with Crippen LogP contribution in [-0.4, -0.2) is 26.2 Å². The molecule has 0 bridgehead atoms. The number of benzene rings is 1. The van der Waals surface area contributed by atoms with Crippen LogP contribution in [0, 0.1) is 18.7 Å². The molecule has 1 fully saturated rings. The Kier molecular flexibility index (Phi) is 3.43. The average molecular weight is 237 g/mol. The van der Waals surface area contributed by atoms with Gasteiger partial charge in [-0.25, -0.2) is 4.39 Å². The Morgan fingerprint density at radius 3 is 2.82 bits per heavy atom. The van der Waals surface area contributed by atoms with Gasteiger partial charge in [0.15, 0.2) is 0 Å². The first kappa shape index (κ1) is 12.0. The largest absolute Gasteiger partial charge is 0.469 e. The van der Waals surface area contributed by atoms with Gasteiger partial charge in [-0.05, 0) is 30.2 Å². The van der Waals surface area contributed by atoms with E-state index in [1.165, 1.54) is 19.2 Å². The molecular weight excluding hydrogens is 221 g/mol. The fourth-order valence-electron chi connectivity index (χ4n) is 2.41. The van der Waals surface area contributed by atoms with Crippen molar-refractivity contribution < 1.29 is 13.9 Å². The number of carbonyl (C=O) groups excluding carboxylic acids is 1. The van der Waals surface area contributed by atoms with Crippen LogP contribution >= 0.6 is 0 Å². The van der Waals surface area contributed by atoms with E-state index in [-0.39, 0.29) is 23.6 Å². The third-order valence-corrected chi connectivity index (χ3v) is 3.21. The van der Waals surface area contributed by atoms with E-state index in [0.29, 0.717) is 13.1 Å². The van der Waals surface area contributed by atoms with Gasteiger partial charge in [-0.3, -0.25) is 4.79 Å². The summed E-state index contributed by atoms with van der Waals surface area (Å²) in [6.07, 6.45) is 0. The first-order valence-corrected chi connectivity index (χ1v) is 5.67. The van der Waals surface area contributed by atoms with Gasteiger partial charge in [0.25, 0.3) is 0 Å². The van der Waals surface area contributed by atoms with E-state index in [0.717, 1.165) is 11.1 Å². The number of halogens is 1. The third kappa shape index (κ3) is 2.47. The lowest BCUT2D eigenvalue weighted by Crippen LogP contribution is -2.23. The van der Waals surface area contributed by atoms with Crippen LogP contribution in [0.4, 0.5) is 4.39 Å². The fourth-order valence-corrected chi connectivity index (χ4v) is 2.41. The minimum absolute atomic E-state index is 0.00292. The second-order valence-electron chi connectivity index (χ2n) is 4.46. The van der Waals surface area contributed by atoms with Gasteiger partial charge in [-0.2, -0.15) is 0 Å². The zero-order chi connectivity index (χ0) is 12.4. The zero-order valence-corrected chi connectivity index (χ0v) is 10.00. The monoisotopic (exact) mass is 237 g/mol. The molecule has 1 heterocycles. The molecule has 2 atom stereocenters. The molecule has 0 spiro atoms. The summed E-state index contributed by atoms with van der Waals surface area (Å²) < 4.78 is 18.1. The second-order valence-corrected chi connectivity index (χ2v) is 4.46. The van der Waals surface area contributed by atoms with Gasteiger partial charge < -0.3 is 10.1 Å². The van der Waals surface area contributed by atoms with Crippen molar-refractivity contribution in [1.29, 1.82) is 0 Å². The van der Waals surface area contributed by atoms with Crippen molar-refractivity contribution in [1.82, 2.24) is 5.32 Å². The highest BCUT2D eigenvalue weighted by Crippen LogP contribution is 2.30. The van der Waals surface area contributed by atoms with Gasteiger partial charge >= 0.3 is 5.97 Å². The Hall–Kier alpha value is -1.42. The molecule has 0 saturated carbocycles. The van der Waals surface area contributed by atoms with E-state index in [4.69, 9.17) is 4.74 Å². The molecule has 92 valence electrons. The number of carbonyl (C=O) groups is 1. The molecule has 0 aliphatic carbocycles. The second kappa shape index (κ2) is 4.84. The zero-order valence-electron chi connectivity index (χ0n) is 10.00. The van der Waals surface area contributed by atoms with Crippen molar-refractivity contribution >= 4 is 5.97 Å². The van der Waals surface area contributed by atoms with Crippen molar-refractivity contribution in [2.75, 3.05) is 20.2 Å². The van der Waals surface area contributed by atoms with Crippen LogP contribution in [0.15, 0.2) is 18.2 Å². The number of nitrogens with one attached hydrogen (secondary N) is 1. The van der Waals surface area contributed by atoms with Crippen molar-refractivity contribution in [2.45, 2.75) is 12.8 Å². The number of methoxy groups -OCH3 is 1. The lowest BCUT2D eigenvalue weighted by Gasteiger charge is -2.17. The van der Waals surface area contributed by atoms with E-state index < -0.39 is 0 Å². The summed E-state index contributed by atoms with van der Waals surface area (Å²) in [5, 5.41) is 3.15. The molecule has 1 aliphatic heterocycles. The van der Waals surface area contributed by atoms with Crippen LogP contribution in [0.25, 0.3) is 0 Å². The highest BCUT2D eigenvalue weighted by atomic mass is 19.1. The summed E-state index contributed by atoms with van der Waals surface area (Å²) in [4.78, 5) is 11.6. The van der Waals surface area contributed by atoms with E-state index in [2.05, 4.69) is 5.32 Å². The Morgan fingerprint density at radius 1 is 1.41 bits per heavy atom. The molecule has 2 rings (SSSR count). The Bertz CT molecular complexity index is 413. The minimum atomic E-state index is -0.254. The normalized spacial score (nSPS) is 23.7. The number of ether oxygens (including phenoxy) is 1. The summed E-state index contributed by atoms with van der Waals surface area (Å²) >= 11 is 0. The van der Waals surface area contributed by atoms with Crippen LogP contribution in [-0.2, 0) is 9.53 Å². The lowest BCUT2D eigenvalue weighted by molar-refractivity contribution is -0.145. The quantitative estimate of drug-likeness (QED) is 0.794. The van der Waals surface area contributed by atoms with E-state index >= 15 is 0 Å². The first-order chi connectivity index (χ1) is 8.11. The molecule has 3 nitrogen and oxygen atoms in total. The van der Waals surface area contributed by atoms with Crippen LogP contribution in [0.2, 0.25) is 0 Å². The van der Waals surface area contributed by atoms with Gasteiger partial charge in [0.2, 0.25) is 0 Å². The summed E-state index contributed by atoms with van der Waals surface area (Å²) in [6, 6.07) is 4.91. The molecule has 4 heteroatoms. The smallest absolute Gasteiger partial charge is 0.310 e. The number of hydrogen-bond donors (Lipinski definition) is 1. The van der Waals surface area contributed by atoms with Gasteiger partial charge in [0.1, 0.15) is 5.82 Å². The van der Waals surface area contributed by atoms with E-state index in [1.807, 2.05) is 13.0 Å². The molecule has 0 unspecified atom stereocenters.